The van der Waals surface area contributed by atoms with E-state index in [2.05, 4.69) is 0 Å². The molecule has 0 unspecified atom stereocenters. The van der Waals surface area contributed by atoms with Crippen molar-refractivity contribution in [1.82, 2.24) is 0 Å². The molecule has 2 N–H and O–H groups in total. The average Bonchev–Trinajstić information content (AvgIpc) is 3.15. The van der Waals surface area contributed by atoms with Gasteiger partial charge in [-0.15, -0.1) is 0 Å². The van der Waals surface area contributed by atoms with Crippen molar-refractivity contribution >= 4 is 11.9 Å². The Bertz CT molecular complexity index is 308. The third-order valence-electron chi connectivity index (χ3n) is 4.85. The van der Waals surface area contributed by atoms with Crippen LogP contribution in [0.2, 0.25) is 0 Å². The fraction of sp³-hybridized carbons (Fsp3) is 0.867. The van der Waals surface area contributed by atoms with Gasteiger partial charge in [-0.05, 0) is 68.6 Å². The van der Waals surface area contributed by atoms with Crippen LogP contribution in [0.15, 0.2) is 0 Å². The molecule has 0 aliphatic heterocycles. The molecule has 4 nitrogen and oxygen atoms in total. The zero-order valence-electron chi connectivity index (χ0n) is 11.4. The summed E-state index contributed by atoms with van der Waals surface area (Å²) in [7, 11) is 0. The number of carbonyl (C=O) groups is 2. The Morgan fingerprint density at radius 1 is 0.842 bits per heavy atom. The lowest BCUT2D eigenvalue weighted by Crippen LogP contribution is -2.27. The Balaban J connectivity index is 1.90. The smallest absolute Gasteiger partial charge is 0.303 e. The Labute approximate surface area is 114 Å². The number of carboxylic acids is 2. The summed E-state index contributed by atoms with van der Waals surface area (Å²) in [6.07, 6.45) is 8.99. The van der Waals surface area contributed by atoms with Crippen molar-refractivity contribution < 1.29 is 19.8 Å². The molecule has 0 amide bonds. The summed E-state index contributed by atoms with van der Waals surface area (Å²) in [5.74, 6) is 0.0437. The van der Waals surface area contributed by atoms with E-state index >= 15 is 0 Å². The lowest BCUT2D eigenvalue weighted by molar-refractivity contribution is -0.138. The second kappa shape index (κ2) is 5.93. The predicted octanol–water partition coefficient (Wildman–Crippen LogP) is 3.30. The molecule has 4 heteroatoms. The van der Waals surface area contributed by atoms with E-state index in [-0.39, 0.29) is 18.3 Å². The van der Waals surface area contributed by atoms with Gasteiger partial charge in [-0.1, -0.05) is 0 Å². The van der Waals surface area contributed by atoms with Gasteiger partial charge in [0.05, 0.1) is 0 Å². The van der Waals surface area contributed by atoms with Gasteiger partial charge in [0, 0.05) is 12.8 Å². The molecule has 2 aliphatic carbocycles. The third kappa shape index (κ3) is 3.95. The maximum absolute atomic E-state index is 10.7. The van der Waals surface area contributed by atoms with Gasteiger partial charge in [0.15, 0.2) is 0 Å². The van der Waals surface area contributed by atoms with E-state index in [0.29, 0.717) is 0 Å². The molecule has 2 saturated carbocycles. The van der Waals surface area contributed by atoms with Crippen molar-refractivity contribution in [2.75, 3.05) is 0 Å². The molecule has 0 aromatic carbocycles. The first-order valence-corrected chi connectivity index (χ1v) is 7.48. The van der Waals surface area contributed by atoms with E-state index in [4.69, 9.17) is 10.2 Å². The predicted molar refractivity (Wildman–Crippen MR) is 70.9 cm³/mol. The summed E-state index contributed by atoms with van der Waals surface area (Å²) in [6.45, 7) is 0. The number of carboxylic acid groups (broad SMARTS) is 2. The van der Waals surface area contributed by atoms with Crippen LogP contribution in [-0.2, 0) is 9.59 Å². The molecule has 0 aromatic heterocycles. The molecular formula is C15H24O4. The SMILES string of the molecule is O=C(O)CCCC(CCCC(=O)O)(C1CC1)C1CC1. The molecule has 108 valence electrons. The van der Waals surface area contributed by atoms with E-state index in [1.165, 1.54) is 25.7 Å². The summed E-state index contributed by atoms with van der Waals surface area (Å²) in [5.41, 5.74) is 0.269. The van der Waals surface area contributed by atoms with Crippen molar-refractivity contribution in [3.8, 4) is 0 Å². The van der Waals surface area contributed by atoms with Gasteiger partial charge in [-0.25, -0.2) is 0 Å². The maximum atomic E-state index is 10.7. The van der Waals surface area contributed by atoms with Crippen LogP contribution in [0.1, 0.15) is 64.2 Å². The van der Waals surface area contributed by atoms with Crippen LogP contribution in [-0.4, -0.2) is 22.2 Å². The molecule has 0 bridgehead atoms. The van der Waals surface area contributed by atoms with Gasteiger partial charge in [0.25, 0.3) is 0 Å². The van der Waals surface area contributed by atoms with Gasteiger partial charge in [-0.2, -0.15) is 0 Å². The molecule has 0 atom stereocenters. The topological polar surface area (TPSA) is 74.6 Å². The van der Waals surface area contributed by atoms with Gasteiger partial charge in [-0.3, -0.25) is 9.59 Å². The summed E-state index contributed by atoms with van der Waals surface area (Å²) in [5, 5.41) is 17.6. The quantitative estimate of drug-likeness (QED) is 0.637. The molecule has 0 aromatic rings. The van der Waals surface area contributed by atoms with Crippen LogP contribution in [0.4, 0.5) is 0 Å². The van der Waals surface area contributed by atoms with Crippen LogP contribution < -0.4 is 0 Å². The molecule has 0 radical (unpaired) electrons. The molecule has 2 rings (SSSR count). The standard InChI is InChI=1S/C15H24O4/c16-13(17)3-1-9-15(11-5-6-11,12-7-8-12)10-2-4-14(18)19/h11-12H,1-10H2,(H,16,17)(H,18,19). The number of aliphatic carboxylic acids is 2. The maximum Gasteiger partial charge on any atom is 0.303 e. The average molecular weight is 268 g/mol. The monoisotopic (exact) mass is 268 g/mol. The highest BCUT2D eigenvalue weighted by molar-refractivity contribution is 5.66. The fourth-order valence-electron chi connectivity index (χ4n) is 3.73. The first kappa shape index (κ1) is 14.4. The van der Waals surface area contributed by atoms with Crippen molar-refractivity contribution in [3.63, 3.8) is 0 Å². The van der Waals surface area contributed by atoms with Gasteiger partial charge in [0.1, 0.15) is 0 Å². The highest BCUT2D eigenvalue weighted by atomic mass is 16.4. The second-order valence-corrected chi connectivity index (χ2v) is 6.28. The van der Waals surface area contributed by atoms with Crippen LogP contribution in [0.25, 0.3) is 0 Å². The fourth-order valence-corrected chi connectivity index (χ4v) is 3.73. The minimum absolute atomic E-state index is 0.250. The van der Waals surface area contributed by atoms with Gasteiger partial charge >= 0.3 is 11.9 Å². The third-order valence-corrected chi connectivity index (χ3v) is 4.85. The summed E-state index contributed by atoms with van der Waals surface area (Å²) in [4.78, 5) is 21.4. The minimum Gasteiger partial charge on any atom is -0.481 e. The van der Waals surface area contributed by atoms with E-state index in [0.717, 1.165) is 37.5 Å². The van der Waals surface area contributed by atoms with Crippen molar-refractivity contribution in [2.24, 2.45) is 17.3 Å². The molecule has 19 heavy (non-hydrogen) atoms. The van der Waals surface area contributed by atoms with Crippen LogP contribution >= 0.6 is 0 Å². The molecule has 2 aliphatic rings. The largest absolute Gasteiger partial charge is 0.481 e. The molecule has 0 spiro atoms. The Hall–Kier alpha value is -1.06. The number of hydrogen-bond donors (Lipinski definition) is 2. The van der Waals surface area contributed by atoms with Crippen LogP contribution in [0.5, 0.6) is 0 Å². The second-order valence-electron chi connectivity index (χ2n) is 6.28. The molecule has 2 fully saturated rings. The zero-order chi connectivity index (χ0) is 13.9. The zero-order valence-corrected chi connectivity index (χ0v) is 11.4. The number of rotatable bonds is 10. The lowest BCUT2D eigenvalue weighted by atomic mass is 9.70. The first-order valence-electron chi connectivity index (χ1n) is 7.48. The van der Waals surface area contributed by atoms with E-state index in [1.807, 2.05) is 0 Å². The first-order chi connectivity index (χ1) is 9.04. The van der Waals surface area contributed by atoms with E-state index in [9.17, 15) is 9.59 Å². The highest BCUT2D eigenvalue weighted by Crippen LogP contribution is 2.62. The van der Waals surface area contributed by atoms with E-state index in [1.54, 1.807) is 0 Å². The highest BCUT2D eigenvalue weighted by Gasteiger charge is 2.52. The molecule has 0 saturated heterocycles. The Morgan fingerprint density at radius 2 is 1.21 bits per heavy atom. The lowest BCUT2D eigenvalue weighted by Gasteiger charge is -2.35. The number of hydrogen-bond acceptors (Lipinski definition) is 2. The van der Waals surface area contributed by atoms with Gasteiger partial charge < -0.3 is 10.2 Å². The minimum atomic E-state index is -0.717. The Kier molecular flexibility index (Phi) is 4.48. The molecular weight excluding hydrogens is 244 g/mol. The van der Waals surface area contributed by atoms with E-state index < -0.39 is 11.9 Å². The van der Waals surface area contributed by atoms with Crippen molar-refractivity contribution in [1.29, 1.82) is 0 Å². The normalized spacial score (nSPS) is 19.4. The summed E-state index contributed by atoms with van der Waals surface area (Å²) < 4.78 is 0. The van der Waals surface area contributed by atoms with Gasteiger partial charge in [0.2, 0.25) is 0 Å². The Morgan fingerprint density at radius 3 is 1.47 bits per heavy atom. The summed E-state index contributed by atoms with van der Waals surface area (Å²) >= 11 is 0. The van der Waals surface area contributed by atoms with Crippen LogP contribution in [0.3, 0.4) is 0 Å². The van der Waals surface area contributed by atoms with Crippen molar-refractivity contribution in [2.45, 2.75) is 64.2 Å². The van der Waals surface area contributed by atoms with Crippen molar-refractivity contribution in [3.05, 3.63) is 0 Å². The van der Waals surface area contributed by atoms with Crippen LogP contribution in [0, 0.1) is 17.3 Å². The summed E-state index contributed by atoms with van der Waals surface area (Å²) in [6, 6.07) is 0. The molecule has 0 heterocycles.